The molecule has 36 heteroatoms. The Hall–Kier alpha value is -10.8. The van der Waals surface area contributed by atoms with Crippen molar-refractivity contribution in [2.24, 2.45) is 17.6 Å². The second kappa shape index (κ2) is 40.3. The number of aromatic amines is 3. The van der Waals surface area contributed by atoms with Gasteiger partial charge in [-0.15, -0.1) is 0 Å². The van der Waals surface area contributed by atoms with Crippen LogP contribution in [0.15, 0.2) is 85.8 Å². The molecule has 0 saturated carbocycles. The van der Waals surface area contributed by atoms with Crippen LogP contribution in [-0.2, 0) is 92.8 Å². The van der Waals surface area contributed by atoms with Gasteiger partial charge in [0.25, 0.3) is 0 Å². The number of aliphatic hydroxyl groups excluding tert-OH is 1. The predicted molar refractivity (Wildman–Crippen MR) is 366 cm³/mol. The van der Waals surface area contributed by atoms with Gasteiger partial charge in [-0.3, -0.25) is 62.3 Å². The van der Waals surface area contributed by atoms with Crippen LogP contribution in [0.1, 0.15) is 89.7 Å². The van der Waals surface area contributed by atoms with E-state index < -0.39 is 193 Å². The van der Waals surface area contributed by atoms with Gasteiger partial charge in [0.15, 0.2) is 0 Å². The number of para-hydroxylation sites is 1. The van der Waals surface area contributed by atoms with Gasteiger partial charge in [-0.2, -0.15) is 12.6 Å². The molecule has 0 spiro atoms. The van der Waals surface area contributed by atoms with Crippen LogP contribution in [0.3, 0.4) is 0 Å². The molecule has 0 bridgehead atoms. The SMILES string of the molecule is CC[C@H](C)[C@H](NC(=O)[C@@H](N)Cc1c[nH]c2ccccc12)C(=O)N[C@@H](CC(C)C)C(=O)N[C@@H](C)C(=O)N[C@@H](Cc1cnc[nH]1)C(=O)N[C@@H](CCC(=O)O)C(=O)N[C@@H](CS)C(=O)NCC(=O)N[C@@H](Cc1cnc[nH]1)C(=O)NCC(=O)N[C@@H](C)C(=O)N[C@@H](CO)C(=O)N[C@@H](Cc1ccccc1)C(=O)O. The van der Waals surface area contributed by atoms with Crippen LogP contribution < -0.4 is 69.5 Å². The summed E-state index contributed by atoms with van der Waals surface area (Å²) in [5.41, 5.74) is 9.28. The molecular formula is C65H90N18O17S. The third-order valence-corrected chi connectivity index (χ3v) is 16.4. The molecule has 3 heterocycles. The first-order valence-electron chi connectivity index (χ1n) is 32.5. The molecule has 5 aromatic rings. The summed E-state index contributed by atoms with van der Waals surface area (Å²) in [6, 6.07) is 0.470. The number of nitrogens with two attached hydrogens (primary N) is 1. The zero-order valence-electron chi connectivity index (χ0n) is 56.5. The highest BCUT2D eigenvalue weighted by atomic mass is 32.1. The minimum absolute atomic E-state index is 0.0938. The molecule has 3 aromatic heterocycles. The van der Waals surface area contributed by atoms with Crippen LogP contribution in [0.4, 0.5) is 0 Å². The highest BCUT2D eigenvalue weighted by Gasteiger charge is 2.36. The molecule has 0 fully saturated rings. The van der Waals surface area contributed by atoms with Crippen LogP contribution in [-0.4, -0.2) is 215 Å². The van der Waals surface area contributed by atoms with Crippen molar-refractivity contribution in [2.45, 2.75) is 159 Å². The van der Waals surface area contributed by atoms with Crippen LogP contribution in [0.2, 0.25) is 0 Å². The highest BCUT2D eigenvalue weighted by Crippen LogP contribution is 2.20. The number of aliphatic hydroxyl groups is 1. The number of rotatable bonds is 42. The Morgan fingerprint density at radius 2 is 1.02 bits per heavy atom. The quantitative estimate of drug-likeness (QED) is 0.0167. The smallest absolute Gasteiger partial charge is 0.326 e. The molecule has 101 heavy (non-hydrogen) atoms. The first kappa shape index (κ1) is 80.9. The summed E-state index contributed by atoms with van der Waals surface area (Å²) in [7, 11) is 0. The number of aromatic nitrogens is 5. The molecule has 35 nitrogen and oxygen atoms in total. The van der Waals surface area contributed by atoms with Crippen molar-refractivity contribution in [3.63, 3.8) is 0 Å². The fourth-order valence-electron chi connectivity index (χ4n) is 10.2. The van der Waals surface area contributed by atoms with E-state index in [2.05, 4.69) is 101 Å². The molecule has 548 valence electrons. The number of amides is 12. The van der Waals surface area contributed by atoms with E-state index in [0.717, 1.165) is 16.5 Å². The van der Waals surface area contributed by atoms with Crippen molar-refractivity contribution < 1.29 is 82.4 Å². The first-order valence-corrected chi connectivity index (χ1v) is 33.2. The minimum atomic E-state index is -1.69. The molecule has 5 rings (SSSR count). The summed E-state index contributed by atoms with van der Waals surface area (Å²) in [4.78, 5) is 204. The van der Waals surface area contributed by atoms with Gasteiger partial charge in [0.1, 0.15) is 60.4 Å². The van der Waals surface area contributed by atoms with Gasteiger partial charge < -0.3 is 99.8 Å². The molecular weight excluding hydrogens is 1340 g/mol. The molecule has 0 unspecified atom stereocenters. The third kappa shape index (κ3) is 26.5. The summed E-state index contributed by atoms with van der Waals surface area (Å²) in [5.74, 6) is -14.7. The van der Waals surface area contributed by atoms with Gasteiger partial charge in [-0.05, 0) is 62.1 Å². The van der Waals surface area contributed by atoms with Gasteiger partial charge in [0.05, 0.1) is 38.4 Å². The van der Waals surface area contributed by atoms with E-state index in [9.17, 15) is 82.4 Å². The van der Waals surface area contributed by atoms with Crippen molar-refractivity contribution in [2.75, 3.05) is 25.4 Å². The Balaban J connectivity index is 1.17. The van der Waals surface area contributed by atoms with Crippen molar-refractivity contribution in [3.8, 4) is 0 Å². The molecule has 2 aromatic carbocycles. The summed E-state index contributed by atoms with van der Waals surface area (Å²) in [6.45, 7) is 7.20. The average molecular weight is 1430 g/mol. The number of hydrogen-bond acceptors (Lipinski definition) is 19. The summed E-state index contributed by atoms with van der Waals surface area (Å²) in [5, 5.41) is 59.4. The number of thiol groups is 1. The van der Waals surface area contributed by atoms with E-state index in [0.29, 0.717) is 23.4 Å². The van der Waals surface area contributed by atoms with Gasteiger partial charge in [0, 0.05) is 72.3 Å². The van der Waals surface area contributed by atoms with E-state index in [1.54, 1.807) is 57.3 Å². The summed E-state index contributed by atoms with van der Waals surface area (Å²) < 4.78 is 0. The van der Waals surface area contributed by atoms with Gasteiger partial charge in [-0.25, -0.2) is 14.8 Å². The number of carboxylic acids is 2. The predicted octanol–water partition coefficient (Wildman–Crippen LogP) is -3.70. The third-order valence-electron chi connectivity index (χ3n) is 16.0. The van der Waals surface area contributed by atoms with E-state index in [1.165, 1.54) is 38.9 Å². The summed E-state index contributed by atoms with van der Waals surface area (Å²) in [6.07, 6.45) is 5.87. The Kier molecular flexibility index (Phi) is 32.3. The monoisotopic (exact) mass is 1430 g/mol. The number of H-pyrrole nitrogens is 3. The Labute approximate surface area is 586 Å². The maximum atomic E-state index is 14.2. The van der Waals surface area contributed by atoms with E-state index in [-0.39, 0.29) is 38.0 Å². The molecule has 12 atom stereocenters. The number of imidazole rings is 2. The maximum Gasteiger partial charge on any atom is 0.326 e. The lowest BCUT2D eigenvalue weighted by atomic mass is 9.96. The van der Waals surface area contributed by atoms with Crippen LogP contribution >= 0.6 is 12.6 Å². The van der Waals surface area contributed by atoms with E-state index >= 15 is 0 Å². The van der Waals surface area contributed by atoms with Crippen LogP contribution in [0.25, 0.3) is 10.9 Å². The number of carbonyl (C=O) groups is 14. The maximum absolute atomic E-state index is 14.2. The van der Waals surface area contributed by atoms with E-state index in [4.69, 9.17) is 5.73 Å². The van der Waals surface area contributed by atoms with Crippen molar-refractivity contribution in [1.29, 1.82) is 0 Å². The Bertz CT molecular complexity index is 3650. The normalized spacial score (nSPS) is 14.7. The lowest BCUT2D eigenvalue weighted by Crippen LogP contribution is -2.60. The largest absolute Gasteiger partial charge is 0.481 e. The van der Waals surface area contributed by atoms with Gasteiger partial charge >= 0.3 is 11.9 Å². The number of nitrogens with zero attached hydrogens (tertiary/aromatic N) is 2. The topological polar surface area (TPSA) is 543 Å². The van der Waals surface area contributed by atoms with Crippen molar-refractivity contribution in [3.05, 3.63) is 108 Å². The van der Waals surface area contributed by atoms with Crippen LogP contribution in [0, 0.1) is 11.8 Å². The lowest BCUT2D eigenvalue weighted by Gasteiger charge is -2.29. The number of carboxylic acid groups (broad SMARTS) is 2. The van der Waals surface area contributed by atoms with Gasteiger partial charge in [0.2, 0.25) is 70.9 Å². The zero-order chi connectivity index (χ0) is 74.5. The molecule has 0 radical (unpaired) electrons. The minimum Gasteiger partial charge on any atom is -0.481 e. The number of hydrogen-bond donors (Lipinski definition) is 20. The fraction of sp³-hybridized carbons (Fsp3) is 0.477. The zero-order valence-corrected chi connectivity index (χ0v) is 57.4. The summed E-state index contributed by atoms with van der Waals surface area (Å²) >= 11 is 4.18. The number of carbonyl (C=O) groups excluding carboxylic acids is 12. The number of fused-ring (bicyclic) bond motifs is 1. The standard InChI is InChI=1S/C65H90N18O17S/c1-7-34(4)54(83-57(91)42(66)21-38-24-69-43-16-12-11-15-41(38)43)64(98)79-45(19-33(2)3)61(95)75-36(6)56(90)78-47(23-40-26-68-32-73-40)62(96)77-44(17-18-53(87)88)60(94)82-50(30-101)59(93)71-28-52(86)76-46(22-39-25-67-31-72-39)58(92)70-27-51(85)74-35(5)55(89)81-49(29-84)63(97)80-48(65(99)100)20-37-13-9-8-10-14-37/h8-16,24-26,31-36,42,44-50,54,69,84,101H,7,17-23,27-30,66H2,1-6H3,(H,67,72)(H,68,73)(H,70,92)(H,71,93)(H,74,85)(H,75,95)(H,76,86)(H,77,96)(H,78,90)(H,79,98)(H,80,97)(H,81,89)(H,82,94)(H,83,91)(H,87,88)(H,99,100)/t34-,35-,36-,42-,44-,45-,46-,47-,48-,49-,50-,54-/m0/s1. The molecule has 0 saturated heterocycles. The lowest BCUT2D eigenvalue weighted by molar-refractivity contribution is -0.142. The Morgan fingerprint density at radius 3 is 1.58 bits per heavy atom. The number of aliphatic carboxylic acids is 2. The Morgan fingerprint density at radius 1 is 0.515 bits per heavy atom. The second-order valence-electron chi connectivity index (χ2n) is 24.5. The number of nitrogens with one attached hydrogen (secondary N) is 15. The van der Waals surface area contributed by atoms with Crippen molar-refractivity contribution in [1.82, 2.24) is 88.7 Å². The molecule has 0 aliphatic rings. The van der Waals surface area contributed by atoms with Crippen molar-refractivity contribution >= 4 is 106 Å². The number of benzene rings is 2. The van der Waals surface area contributed by atoms with Gasteiger partial charge in [-0.1, -0.05) is 82.6 Å². The molecule has 12 amide bonds. The molecule has 0 aliphatic carbocycles. The average Bonchev–Trinajstić information content (AvgIpc) is 1.75. The first-order chi connectivity index (χ1) is 48.0. The molecule has 0 aliphatic heterocycles. The van der Waals surface area contributed by atoms with Crippen LogP contribution in [0.5, 0.6) is 0 Å². The fourth-order valence-corrected chi connectivity index (χ4v) is 10.4. The molecule has 20 N–H and O–H groups in total. The van der Waals surface area contributed by atoms with E-state index in [1.807, 2.05) is 31.2 Å². The second-order valence-corrected chi connectivity index (χ2v) is 24.9. The highest BCUT2D eigenvalue weighted by molar-refractivity contribution is 7.80.